The van der Waals surface area contributed by atoms with Gasteiger partial charge in [0.1, 0.15) is 0 Å². The summed E-state index contributed by atoms with van der Waals surface area (Å²) in [5, 5.41) is 11.0. The molecule has 2 rings (SSSR count). The number of morpholine rings is 1. The molecule has 1 N–H and O–H groups in total. The minimum atomic E-state index is -1.00. The van der Waals surface area contributed by atoms with Crippen molar-refractivity contribution in [3.8, 4) is 0 Å². The molecule has 2 heterocycles. The van der Waals surface area contributed by atoms with Gasteiger partial charge in [0.15, 0.2) is 6.04 Å². The Balaban J connectivity index is 1.92. The zero-order valence-electron chi connectivity index (χ0n) is 9.87. The van der Waals surface area contributed by atoms with Gasteiger partial charge in [-0.15, -0.1) is 11.3 Å². The number of carbonyl (C=O) groups excluding carboxylic acids is 1. The molecular formula is C12H15NO4S. The monoisotopic (exact) mass is 269 g/mol. The molecule has 1 fully saturated rings. The Bertz CT molecular complexity index is 418. The van der Waals surface area contributed by atoms with Crippen LogP contribution in [0, 0.1) is 0 Å². The van der Waals surface area contributed by atoms with Gasteiger partial charge < -0.3 is 14.7 Å². The van der Waals surface area contributed by atoms with Crippen molar-refractivity contribution in [1.29, 1.82) is 0 Å². The predicted octanol–water partition coefficient (Wildman–Crippen LogP) is 0.993. The number of amides is 1. The summed E-state index contributed by atoms with van der Waals surface area (Å²) in [4.78, 5) is 25.6. The summed E-state index contributed by atoms with van der Waals surface area (Å²) in [6, 6.07) is 3.08. The molecular weight excluding hydrogens is 254 g/mol. The molecule has 1 saturated heterocycles. The van der Waals surface area contributed by atoms with E-state index in [1.807, 2.05) is 17.5 Å². The van der Waals surface area contributed by atoms with Crippen molar-refractivity contribution < 1.29 is 19.4 Å². The van der Waals surface area contributed by atoms with Crippen molar-refractivity contribution in [1.82, 2.24) is 4.90 Å². The van der Waals surface area contributed by atoms with Crippen LogP contribution in [0.2, 0.25) is 0 Å². The Morgan fingerprint density at radius 1 is 1.56 bits per heavy atom. The first-order valence-corrected chi connectivity index (χ1v) is 6.69. The van der Waals surface area contributed by atoms with Crippen molar-refractivity contribution in [2.24, 2.45) is 0 Å². The summed E-state index contributed by atoms with van der Waals surface area (Å²) < 4.78 is 5.10. The summed E-state index contributed by atoms with van der Waals surface area (Å²) in [5.41, 5.74) is 0. The Morgan fingerprint density at radius 3 is 3.06 bits per heavy atom. The van der Waals surface area contributed by atoms with Crippen LogP contribution in [-0.2, 0) is 20.7 Å². The molecule has 1 aromatic heterocycles. The first kappa shape index (κ1) is 13.0. The van der Waals surface area contributed by atoms with Crippen molar-refractivity contribution in [2.45, 2.75) is 18.9 Å². The maximum atomic E-state index is 12.0. The average molecular weight is 269 g/mol. The first-order chi connectivity index (χ1) is 8.68. The zero-order chi connectivity index (χ0) is 13.0. The minimum absolute atomic E-state index is 0.0834. The molecule has 0 aromatic carbocycles. The third-order valence-corrected chi connectivity index (χ3v) is 3.84. The minimum Gasteiger partial charge on any atom is -0.480 e. The lowest BCUT2D eigenvalue weighted by Crippen LogP contribution is -2.52. The molecule has 0 unspecified atom stereocenters. The largest absolute Gasteiger partial charge is 0.480 e. The van der Waals surface area contributed by atoms with Gasteiger partial charge in [0.2, 0.25) is 5.91 Å². The van der Waals surface area contributed by atoms with Gasteiger partial charge in [-0.05, 0) is 17.9 Å². The van der Waals surface area contributed by atoms with Crippen molar-refractivity contribution in [3.63, 3.8) is 0 Å². The van der Waals surface area contributed by atoms with E-state index in [2.05, 4.69) is 0 Å². The van der Waals surface area contributed by atoms with Gasteiger partial charge in [0, 0.05) is 17.8 Å². The molecule has 5 nitrogen and oxygen atoms in total. The molecule has 6 heteroatoms. The fourth-order valence-corrected chi connectivity index (χ4v) is 2.64. The van der Waals surface area contributed by atoms with Gasteiger partial charge in [0.05, 0.1) is 13.2 Å². The standard InChI is InChI=1S/C12H15NO4S/c14-11(4-3-9-2-1-7-18-9)13-5-6-17-8-10(13)12(15)16/h1-2,7,10H,3-6,8H2,(H,15,16)/t10-/m0/s1. The average Bonchev–Trinajstić information content (AvgIpc) is 2.89. The van der Waals surface area contributed by atoms with E-state index in [0.717, 1.165) is 4.88 Å². The summed E-state index contributed by atoms with van der Waals surface area (Å²) in [6.07, 6.45) is 1.02. The van der Waals surface area contributed by atoms with Crippen LogP contribution in [0.15, 0.2) is 17.5 Å². The number of thiophene rings is 1. The molecule has 1 aromatic rings. The number of ether oxygens (including phenoxy) is 1. The number of hydrogen-bond donors (Lipinski definition) is 1. The van der Waals surface area contributed by atoms with Gasteiger partial charge >= 0.3 is 5.97 Å². The lowest BCUT2D eigenvalue weighted by atomic mass is 10.2. The zero-order valence-corrected chi connectivity index (χ0v) is 10.7. The van der Waals surface area contributed by atoms with Crippen molar-refractivity contribution in [2.75, 3.05) is 19.8 Å². The number of carboxylic acid groups (broad SMARTS) is 1. The van der Waals surface area contributed by atoms with Crippen LogP contribution in [0.25, 0.3) is 0 Å². The van der Waals surface area contributed by atoms with E-state index in [-0.39, 0.29) is 12.5 Å². The van der Waals surface area contributed by atoms with E-state index in [4.69, 9.17) is 9.84 Å². The molecule has 0 spiro atoms. The molecule has 0 radical (unpaired) electrons. The van der Waals surface area contributed by atoms with E-state index in [9.17, 15) is 9.59 Å². The van der Waals surface area contributed by atoms with Crippen LogP contribution in [-0.4, -0.2) is 47.7 Å². The number of aliphatic carboxylic acids is 1. The predicted molar refractivity (Wildman–Crippen MR) is 66.6 cm³/mol. The van der Waals surface area contributed by atoms with Gasteiger partial charge in [-0.25, -0.2) is 4.79 Å². The smallest absolute Gasteiger partial charge is 0.328 e. The van der Waals surface area contributed by atoms with Crippen molar-refractivity contribution >= 4 is 23.2 Å². The number of nitrogens with zero attached hydrogens (tertiary/aromatic N) is 1. The molecule has 0 aliphatic carbocycles. The van der Waals surface area contributed by atoms with Crippen molar-refractivity contribution in [3.05, 3.63) is 22.4 Å². The topological polar surface area (TPSA) is 66.8 Å². The molecule has 1 amide bonds. The Morgan fingerprint density at radius 2 is 2.39 bits per heavy atom. The van der Waals surface area contributed by atoms with E-state index in [0.29, 0.717) is 26.0 Å². The number of hydrogen-bond acceptors (Lipinski definition) is 4. The molecule has 0 saturated carbocycles. The lowest BCUT2D eigenvalue weighted by molar-refractivity contribution is -0.158. The van der Waals surface area contributed by atoms with Crippen LogP contribution >= 0.6 is 11.3 Å². The van der Waals surface area contributed by atoms with Crippen LogP contribution in [0.1, 0.15) is 11.3 Å². The van der Waals surface area contributed by atoms with E-state index in [1.165, 1.54) is 4.90 Å². The van der Waals surface area contributed by atoms with Crippen LogP contribution < -0.4 is 0 Å². The fraction of sp³-hybridized carbons (Fsp3) is 0.500. The summed E-state index contributed by atoms with van der Waals surface area (Å²) in [6.45, 7) is 0.856. The fourth-order valence-electron chi connectivity index (χ4n) is 1.94. The molecule has 1 atom stereocenters. The lowest BCUT2D eigenvalue weighted by Gasteiger charge is -2.32. The van der Waals surface area contributed by atoms with Crippen LogP contribution in [0.3, 0.4) is 0 Å². The van der Waals surface area contributed by atoms with Gasteiger partial charge in [-0.3, -0.25) is 4.79 Å². The molecule has 1 aliphatic rings. The summed E-state index contributed by atoms with van der Waals surface area (Å²) in [5.74, 6) is -1.11. The molecule has 1 aliphatic heterocycles. The van der Waals surface area contributed by atoms with E-state index >= 15 is 0 Å². The second kappa shape index (κ2) is 5.97. The highest BCUT2D eigenvalue weighted by molar-refractivity contribution is 7.09. The quantitative estimate of drug-likeness (QED) is 0.885. The SMILES string of the molecule is O=C(O)[C@@H]1COCCN1C(=O)CCc1cccs1. The second-order valence-corrected chi connectivity index (χ2v) is 5.13. The van der Waals surface area contributed by atoms with E-state index < -0.39 is 12.0 Å². The number of rotatable bonds is 4. The van der Waals surface area contributed by atoms with Crippen LogP contribution in [0.5, 0.6) is 0 Å². The number of carbonyl (C=O) groups is 2. The number of carboxylic acids is 1. The highest BCUT2D eigenvalue weighted by Gasteiger charge is 2.32. The summed E-state index contributed by atoms with van der Waals surface area (Å²) in [7, 11) is 0. The third kappa shape index (κ3) is 3.08. The first-order valence-electron chi connectivity index (χ1n) is 5.81. The second-order valence-electron chi connectivity index (χ2n) is 4.10. The molecule has 0 bridgehead atoms. The normalized spacial score (nSPS) is 19.8. The number of aryl methyl sites for hydroxylation is 1. The van der Waals surface area contributed by atoms with Crippen LogP contribution in [0.4, 0.5) is 0 Å². The highest BCUT2D eigenvalue weighted by atomic mass is 32.1. The van der Waals surface area contributed by atoms with E-state index in [1.54, 1.807) is 11.3 Å². The third-order valence-electron chi connectivity index (χ3n) is 2.90. The van der Waals surface area contributed by atoms with Gasteiger partial charge in [-0.2, -0.15) is 0 Å². The van der Waals surface area contributed by atoms with Gasteiger partial charge in [-0.1, -0.05) is 6.07 Å². The Kier molecular flexibility index (Phi) is 4.33. The molecule has 18 heavy (non-hydrogen) atoms. The summed E-state index contributed by atoms with van der Waals surface area (Å²) >= 11 is 1.61. The maximum absolute atomic E-state index is 12.0. The van der Waals surface area contributed by atoms with Gasteiger partial charge in [0.25, 0.3) is 0 Å². The maximum Gasteiger partial charge on any atom is 0.328 e. The Labute approximate surface area is 109 Å². The highest BCUT2D eigenvalue weighted by Crippen LogP contribution is 2.14. The Hall–Kier alpha value is -1.40. The molecule has 98 valence electrons.